The molecule has 0 saturated carbocycles. The van der Waals surface area contributed by atoms with Gasteiger partial charge in [0.1, 0.15) is 0 Å². The standard InChI is InChI=1S/C6H11S/c1-6(2)4-3-5-7/h3-4,6H,5H2,1-2H3. The van der Waals surface area contributed by atoms with Crippen LogP contribution in [0, 0.1) is 5.92 Å². The Bertz CT molecular complexity index is 55.2. The third-order valence-electron chi connectivity index (χ3n) is 0.617. The van der Waals surface area contributed by atoms with Crippen molar-refractivity contribution in [2.45, 2.75) is 13.8 Å². The van der Waals surface area contributed by atoms with Gasteiger partial charge in [-0.3, -0.25) is 0 Å². The first-order valence-electron chi connectivity index (χ1n) is 2.52. The summed E-state index contributed by atoms with van der Waals surface area (Å²) in [6.07, 6.45) is 4.13. The lowest BCUT2D eigenvalue weighted by atomic mass is 10.2. The summed E-state index contributed by atoms with van der Waals surface area (Å²) in [5.74, 6) is 1.40. The highest BCUT2D eigenvalue weighted by Crippen LogP contribution is 1.92. The normalized spacial score (nSPS) is 11.4. The maximum atomic E-state index is 4.68. The van der Waals surface area contributed by atoms with E-state index < -0.39 is 0 Å². The summed E-state index contributed by atoms with van der Waals surface area (Å²) in [5.41, 5.74) is 0. The van der Waals surface area contributed by atoms with Gasteiger partial charge in [-0.1, -0.05) is 38.6 Å². The highest BCUT2D eigenvalue weighted by molar-refractivity contribution is 7.80. The van der Waals surface area contributed by atoms with Gasteiger partial charge in [0.25, 0.3) is 0 Å². The molecule has 0 heterocycles. The molecule has 0 fully saturated rings. The van der Waals surface area contributed by atoms with Crippen molar-refractivity contribution in [2.24, 2.45) is 5.92 Å². The predicted molar refractivity (Wildman–Crippen MR) is 36.4 cm³/mol. The third-order valence-corrected chi connectivity index (χ3v) is 0.810. The number of rotatable bonds is 2. The van der Waals surface area contributed by atoms with Gasteiger partial charge in [-0.05, 0) is 5.92 Å². The highest BCUT2D eigenvalue weighted by atomic mass is 32.1. The average Bonchev–Trinajstić information content (AvgIpc) is 1.61. The Hall–Kier alpha value is 0.0900. The maximum absolute atomic E-state index is 4.68. The monoisotopic (exact) mass is 115 g/mol. The minimum Gasteiger partial charge on any atom is -0.0897 e. The van der Waals surface area contributed by atoms with Crippen LogP contribution in [0.15, 0.2) is 12.2 Å². The molecule has 0 nitrogen and oxygen atoms in total. The van der Waals surface area contributed by atoms with Crippen molar-refractivity contribution in [1.29, 1.82) is 0 Å². The van der Waals surface area contributed by atoms with Crippen LogP contribution in [0.5, 0.6) is 0 Å². The number of hydrogen-bond donors (Lipinski definition) is 0. The second-order valence-corrected chi connectivity index (χ2v) is 2.17. The SMILES string of the molecule is CC(C)C=CC[S]. The van der Waals surface area contributed by atoms with Gasteiger partial charge < -0.3 is 0 Å². The highest BCUT2D eigenvalue weighted by Gasteiger charge is 1.78. The molecule has 0 aromatic heterocycles. The third kappa shape index (κ3) is 6.09. The molecule has 0 aromatic rings. The van der Waals surface area contributed by atoms with Gasteiger partial charge in [0, 0.05) is 5.75 Å². The summed E-state index contributed by atoms with van der Waals surface area (Å²) >= 11 is 4.68. The zero-order valence-corrected chi connectivity index (χ0v) is 5.66. The molecular weight excluding hydrogens is 104 g/mol. The Balaban J connectivity index is 3.08. The van der Waals surface area contributed by atoms with E-state index in [1.54, 1.807) is 0 Å². The fourth-order valence-corrected chi connectivity index (χ4v) is 0.439. The van der Waals surface area contributed by atoms with Crippen LogP contribution in [-0.4, -0.2) is 5.75 Å². The van der Waals surface area contributed by atoms with E-state index in [-0.39, 0.29) is 0 Å². The molecule has 0 rings (SSSR count). The van der Waals surface area contributed by atoms with Crippen LogP contribution in [0.4, 0.5) is 0 Å². The zero-order chi connectivity index (χ0) is 5.70. The first-order valence-corrected chi connectivity index (χ1v) is 3.10. The molecule has 1 heteroatoms. The summed E-state index contributed by atoms with van der Waals surface area (Å²) in [6.45, 7) is 4.28. The van der Waals surface area contributed by atoms with E-state index in [0.29, 0.717) is 5.92 Å². The van der Waals surface area contributed by atoms with Crippen LogP contribution in [0.1, 0.15) is 13.8 Å². The van der Waals surface area contributed by atoms with Gasteiger partial charge >= 0.3 is 0 Å². The van der Waals surface area contributed by atoms with Crippen molar-refractivity contribution in [3.63, 3.8) is 0 Å². The van der Waals surface area contributed by atoms with E-state index in [4.69, 9.17) is 0 Å². The summed E-state index contributed by atoms with van der Waals surface area (Å²) in [5, 5.41) is 0. The van der Waals surface area contributed by atoms with E-state index in [2.05, 4.69) is 32.6 Å². The lowest BCUT2D eigenvalue weighted by molar-refractivity contribution is 0.830. The summed E-state index contributed by atoms with van der Waals surface area (Å²) in [6, 6.07) is 0. The first-order chi connectivity index (χ1) is 3.27. The van der Waals surface area contributed by atoms with Crippen LogP contribution < -0.4 is 0 Å². The molecule has 1 radical (unpaired) electrons. The zero-order valence-electron chi connectivity index (χ0n) is 4.85. The minimum atomic E-state index is 0.656. The lowest BCUT2D eigenvalue weighted by Crippen LogP contribution is -1.75. The van der Waals surface area contributed by atoms with Gasteiger partial charge in [-0.15, -0.1) is 0 Å². The van der Waals surface area contributed by atoms with Crippen molar-refractivity contribution in [3.8, 4) is 0 Å². The molecule has 7 heavy (non-hydrogen) atoms. The number of allylic oxidation sites excluding steroid dienone is 1. The molecule has 0 aliphatic carbocycles. The van der Waals surface area contributed by atoms with E-state index >= 15 is 0 Å². The molecule has 0 aliphatic heterocycles. The molecule has 0 aromatic carbocycles. The Morgan fingerprint density at radius 3 is 2.29 bits per heavy atom. The van der Waals surface area contributed by atoms with E-state index in [9.17, 15) is 0 Å². The van der Waals surface area contributed by atoms with Crippen molar-refractivity contribution >= 4 is 12.6 Å². The average molecular weight is 115 g/mol. The Labute approximate surface area is 51.0 Å². The largest absolute Gasteiger partial charge is 0.0897 e. The molecular formula is C6H11S. The first kappa shape index (κ1) is 7.09. The molecule has 0 aliphatic rings. The van der Waals surface area contributed by atoms with Crippen LogP contribution in [-0.2, 0) is 0 Å². The molecule has 0 spiro atoms. The van der Waals surface area contributed by atoms with Gasteiger partial charge in [-0.2, -0.15) is 0 Å². The summed E-state index contributed by atoms with van der Waals surface area (Å²) in [4.78, 5) is 0. The second kappa shape index (κ2) is 4.25. The van der Waals surface area contributed by atoms with Crippen LogP contribution in [0.25, 0.3) is 0 Å². The van der Waals surface area contributed by atoms with E-state index in [1.807, 2.05) is 6.08 Å². The molecule has 0 saturated heterocycles. The molecule has 0 bridgehead atoms. The van der Waals surface area contributed by atoms with Gasteiger partial charge in [0.15, 0.2) is 0 Å². The van der Waals surface area contributed by atoms with E-state index in [1.165, 1.54) is 0 Å². The van der Waals surface area contributed by atoms with Gasteiger partial charge in [0.2, 0.25) is 0 Å². The lowest BCUT2D eigenvalue weighted by Gasteiger charge is -1.88. The smallest absolute Gasteiger partial charge is 0.0218 e. The molecule has 0 unspecified atom stereocenters. The fourth-order valence-electron chi connectivity index (χ4n) is 0.328. The van der Waals surface area contributed by atoms with Crippen molar-refractivity contribution < 1.29 is 0 Å². The van der Waals surface area contributed by atoms with Crippen LogP contribution >= 0.6 is 12.6 Å². The quantitative estimate of drug-likeness (QED) is 0.485. The van der Waals surface area contributed by atoms with Crippen LogP contribution in [0.2, 0.25) is 0 Å². The Morgan fingerprint density at radius 1 is 1.57 bits per heavy atom. The Morgan fingerprint density at radius 2 is 2.14 bits per heavy atom. The van der Waals surface area contributed by atoms with Gasteiger partial charge in [-0.25, -0.2) is 0 Å². The minimum absolute atomic E-state index is 0.656. The number of hydrogen-bond acceptors (Lipinski definition) is 0. The van der Waals surface area contributed by atoms with E-state index in [0.717, 1.165) is 5.75 Å². The molecule has 0 N–H and O–H groups in total. The van der Waals surface area contributed by atoms with Crippen LogP contribution in [0.3, 0.4) is 0 Å². The molecule has 0 amide bonds. The summed E-state index contributed by atoms with van der Waals surface area (Å²) in [7, 11) is 0. The molecule has 41 valence electrons. The topological polar surface area (TPSA) is 0 Å². The van der Waals surface area contributed by atoms with Crippen molar-refractivity contribution in [3.05, 3.63) is 12.2 Å². The van der Waals surface area contributed by atoms with Gasteiger partial charge in [0.05, 0.1) is 0 Å². The fraction of sp³-hybridized carbons (Fsp3) is 0.667. The Kier molecular flexibility index (Phi) is 4.31. The van der Waals surface area contributed by atoms with Crippen molar-refractivity contribution in [1.82, 2.24) is 0 Å². The van der Waals surface area contributed by atoms with Crippen molar-refractivity contribution in [2.75, 3.05) is 5.75 Å². The maximum Gasteiger partial charge on any atom is 0.0218 e. The summed E-state index contributed by atoms with van der Waals surface area (Å²) < 4.78 is 0. The molecule has 0 atom stereocenters. The predicted octanol–water partition coefficient (Wildman–Crippen LogP) is 2.40. The second-order valence-electron chi connectivity index (χ2n) is 1.84.